The van der Waals surface area contributed by atoms with E-state index in [2.05, 4.69) is 0 Å². The first kappa shape index (κ1) is 18.4. The van der Waals surface area contributed by atoms with Crippen molar-refractivity contribution in [3.63, 3.8) is 0 Å². The quantitative estimate of drug-likeness (QED) is 0.874. The van der Waals surface area contributed by atoms with Gasteiger partial charge in [-0.1, -0.05) is 6.07 Å². The van der Waals surface area contributed by atoms with Gasteiger partial charge in [-0.15, -0.1) is 0 Å². The van der Waals surface area contributed by atoms with E-state index in [0.717, 1.165) is 5.56 Å². The summed E-state index contributed by atoms with van der Waals surface area (Å²) < 4.78 is 13.5. The molecule has 2 amide bonds. The molecule has 1 unspecified atom stereocenters. The summed E-state index contributed by atoms with van der Waals surface area (Å²) in [5, 5.41) is 9.40. The monoisotopic (exact) mass is 362 g/mol. The fourth-order valence-corrected chi connectivity index (χ4v) is 4.15. The summed E-state index contributed by atoms with van der Waals surface area (Å²) in [5.41, 5.74) is 0.829. The van der Waals surface area contributed by atoms with Crippen LogP contribution in [0.5, 0.6) is 0 Å². The van der Waals surface area contributed by atoms with Crippen LogP contribution in [0.1, 0.15) is 42.1 Å². The number of carbonyl (C=O) groups excluding carboxylic acids is 2. The third-order valence-corrected chi connectivity index (χ3v) is 5.74. The van der Waals surface area contributed by atoms with E-state index in [1.165, 1.54) is 24.0 Å². The van der Waals surface area contributed by atoms with Crippen LogP contribution in [0.25, 0.3) is 0 Å². The number of hydrogen-bond acceptors (Lipinski definition) is 3. The number of aliphatic carboxylic acids is 1. The first-order valence-electron chi connectivity index (χ1n) is 8.78. The van der Waals surface area contributed by atoms with Crippen LogP contribution in [0.2, 0.25) is 0 Å². The molecule has 2 heterocycles. The second-order valence-electron chi connectivity index (χ2n) is 7.46. The summed E-state index contributed by atoms with van der Waals surface area (Å²) in [5.74, 6) is -1.85. The Balaban J connectivity index is 1.71. The number of aryl methyl sites for hydroxylation is 1. The molecule has 0 radical (unpaired) electrons. The first-order chi connectivity index (χ1) is 12.2. The van der Waals surface area contributed by atoms with Crippen LogP contribution in [0.15, 0.2) is 18.2 Å². The van der Waals surface area contributed by atoms with Gasteiger partial charge in [0, 0.05) is 32.1 Å². The molecule has 2 aliphatic heterocycles. The van der Waals surface area contributed by atoms with Crippen molar-refractivity contribution >= 4 is 17.8 Å². The lowest BCUT2D eigenvalue weighted by Gasteiger charge is -2.39. The van der Waals surface area contributed by atoms with E-state index in [0.29, 0.717) is 44.5 Å². The predicted octanol–water partition coefficient (Wildman–Crippen LogP) is 2.06. The van der Waals surface area contributed by atoms with Crippen molar-refractivity contribution in [1.82, 2.24) is 9.80 Å². The van der Waals surface area contributed by atoms with Crippen LogP contribution < -0.4 is 0 Å². The summed E-state index contributed by atoms with van der Waals surface area (Å²) in [6.45, 7) is 4.54. The number of carboxylic acid groups (broad SMARTS) is 1. The van der Waals surface area contributed by atoms with Crippen LogP contribution in [-0.4, -0.2) is 58.4 Å². The molecule has 6 nitrogen and oxygen atoms in total. The maximum atomic E-state index is 13.5. The molecule has 3 rings (SSSR count). The topological polar surface area (TPSA) is 77.9 Å². The molecule has 1 spiro atoms. The molecule has 7 heteroatoms. The largest absolute Gasteiger partial charge is 0.480 e. The van der Waals surface area contributed by atoms with Gasteiger partial charge in [-0.3, -0.25) is 9.59 Å². The number of carbonyl (C=O) groups is 3. The Hall–Kier alpha value is -2.44. The predicted molar refractivity (Wildman–Crippen MR) is 92.1 cm³/mol. The van der Waals surface area contributed by atoms with Crippen LogP contribution >= 0.6 is 0 Å². The molecular weight excluding hydrogens is 339 g/mol. The van der Waals surface area contributed by atoms with Gasteiger partial charge in [-0.05, 0) is 49.3 Å². The average molecular weight is 362 g/mol. The SMILES string of the molecule is CC(=O)N1CC2(CCN(C(=O)c3cc(F)ccc3C)CC2)CC1C(=O)O. The van der Waals surface area contributed by atoms with E-state index in [1.807, 2.05) is 0 Å². The molecule has 1 atom stereocenters. The van der Waals surface area contributed by atoms with Gasteiger partial charge in [0.1, 0.15) is 11.9 Å². The Kier molecular flexibility index (Phi) is 4.73. The van der Waals surface area contributed by atoms with Crippen molar-refractivity contribution in [2.75, 3.05) is 19.6 Å². The Morgan fingerprint density at radius 1 is 1.23 bits per heavy atom. The Labute approximate surface area is 151 Å². The fourth-order valence-electron chi connectivity index (χ4n) is 4.15. The molecule has 1 aromatic rings. The van der Waals surface area contributed by atoms with E-state index in [9.17, 15) is 23.9 Å². The second kappa shape index (κ2) is 6.70. The number of hydrogen-bond donors (Lipinski definition) is 1. The highest BCUT2D eigenvalue weighted by Crippen LogP contribution is 2.43. The van der Waals surface area contributed by atoms with Crippen molar-refractivity contribution in [3.05, 3.63) is 35.1 Å². The number of likely N-dealkylation sites (tertiary alicyclic amines) is 2. The number of nitrogens with zero attached hydrogens (tertiary/aromatic N) is 2. The highest BCUT2D eigenvalue weighted by atomic mass is 19.1. The molecule has 2 fully saturated rings. The Morgan fingerprint density at radius 3 is 2.42 bits per heavy atom. The van der Waals surface area contributed by atoms with E-state index in [-0.39, 0.29) is 17.2 Å². The van der Waals surface area contributed by atoms with Crippen LogP contribution in [0.4, 0.5) is 4.39 Å². The highest BCUT2D eigenvalue weighted by molar-refractivity contribution is 5.95. The van der Waals surface area contributed by atoms with Gasteiger partial charge < -0.3 is 14.9 Å². The second-order valence-corrected chi connectivity index (χ2v) is 7.46. The van der Waals surface area contributed by atoms with E-state index < -0.39 is 17.8 Å². The Bertz CT molecular complexity index is 732. The molecule has 1 aromatic carbocycles. The van der Waals surface area contributed by atoms with E-state index in [1.54, 1.807) is 17.9 Å². The van der Waals surface area contributed by atoms with Crippen molar-refractivity contribution < 1.29 is 23.9 Å². The van der Waals surface area contributed by atoms with Crippen molar-refractivity contribution in [1.29, 1.82) is 0 Å². The molecule has 0 saturated carbocycles. The smallest absolute Gasteiger partial charge is 0.326 e. The van der Waals surface area contributed by atoms with Gasteiger partial charge in [-0.25, -0.2) is 9.18 Å². The van der Waals surface area contributed by atoms with Gasteiger partial charge in [0.2, 0.25) is 5.91 Å². The number of carboxylic acids is 1. The maximum absolute atomic E-state index is 13.5. The molecule has 0 bridgehead atoms. The molecular formula is C19H23FN2O4. The summed E-state index contributed by atoms with van der Waals surface area (Å²) in [6, 6.07) is 3.39. The van der Waals surface area contributed by atoms with E-state index >= 15 is 0 Å². The zero-order chi connectivity index (χ0) is 19.1. The molecule has 140 valence electrons. The summed E-state index contributed by atoms with van der Waals surface area (Å²) in [6.07, 6.45) is 1.70. The molecule has 26 heavy (non-hydrogen) atoms. The number of halogens is 1. The molecule has 2 saturated heterocycles. The minimum absolute atomic E-state index is 0.201. The first-order valence-corrected chi connectivity index (χ1v) is 8.78. The number of piperidine rings is 1. The Morgan fingerprint density at radius 2 is 1.88 bits per heavy atom. The van der Waals surface area contributed by atoms with Crippen LogP contribution in [0.3, 0.4) is 0 Å². The summed E-state index contributed by atoms with van der Waals surface area (Å²) >= 11 is 0. The lowest BCUT2D eigenvalue weighted by molar-refractivity contribution is -0.147. The number of amides is 2. The van der Waals surface area contributed by atoms with Gasteiger partial charge in [0.05, 0.1) is 0 Å². The highest BCUT2D eigenvalue weighted by Gasteiger charge is 2.49. The van der Waals surface area contributed by atoms with Gasteiger partial charge in [0.15, 0.2) is 0 Å². The maximum Gasteiger partial charge on any atom is 0.326 e. The van der Waals surface area contributed by atoms with Crippen molar-refractivity contribution in [3.8, 4) is 0 Å². The van der Waals surface area contributed by atoms with Crippen LogP contribution in [0, 0.1) is 18.2 Å². The molecule has 0 aromatic heterocycles. The minimum atomic E-state index is -0.981. The lowest BCUT2D eigenvalue weighted by Crippen LogP contribution is -2.44. The summed E-state index contributed by atoms with van der Waals surface area (Å²) in [4.78, 5) is 39.1. The number of benzene rings is 1. The van der Waals surface area contributed by atoms with Gasteiger partial charge in [-0.2, -0.15) is 0 Å². The van der Waals surface area contributed by atoms with Crippen LogP contribution in [-0.2, 0) is 9.59 Å². The minimum Gasteiger partial charge on any atom is -0.480 e. The average Bonchev–Trinajstić information content (AvgIpc) is 2.97. The lowest BCUT2D eigenvalue weighted by atomic mass is 9.76. The zero-order valence-electron chi connectivity index (χ0n) is 15.0. The molecule has 2 aliphatic rings. The third kappa shape index (κ3) is 3.30. The van der Waals surface area contributed by atoms with Crippen molar-refractivity contribution in [2.45, 2.75) is 39.2 Å². The van der Waals surface area contributed by atoms with E-state index in [4.69, 9.17) is 0 Å². The third-order valence-electron chi connectivity index (χ3n) is 5.74. The van der Waals surface area contributed by atoms with Gasteiger partial charge >= 0.3 is 5.97 Å². The fraction of sp³-hybridized carbons (Fsp3) is 0.526. The summed E-state index contributed by atoms with van der Waals surface area (Å²) in [7, 11) is 0. The standard InChI is InChI=1S/C19H23FN2O4/c1-12-3-4-14(20)9-15(12)17(24)21-7-5-19(6-8-21)10-16(18(25)26)22(11-19)13(2)23/h3-4,9,16H,5-8,10-11H2,1-2H3,(H,25,26). The number of rotatable bonds is 2. The zero-order valence-corrected chi connectivity index (χ0v) is 15.0. The van der Waals surface area contributed by atoms with Gasteiger partial charge in [0.25, 0.3) is 5.91 Å². The van der Waals surface area contributed by atoms with Crippen molar-refractivity contribution in [2.24, 2.45) is 5.41 Å². The molecule has 0 aliphatic carbocycles. The molecule has 1 N–H and O–H groups in total. The normalized spacial score (nSPS) is 21.9.